The maximum Gasteiger partial charge on any atom is 0.156 e. The van der Waals surface area contributed by atoms with Crippen molar-refractivity contribution in [1.82, 2.24) is 0 Å². The van der Waals surface area contributed by atoms with Crippen LogP contribution in [0.1, 0.15) is 13.3 Å². The molecule has 2 nitrogen and oxygen atoms in total. The molecule has 0 aliphatic rings. The van der Waals surface area contributed by atoms with Gasteiger partial charge in [0, 0.05) is 24.5 Å². The molecule has 0 fully saturated rings. The van der Waals surface area contributed by atoms with Gasteiger partial charge in [0.15, 0.2) is 6.29 Å². The SMILES string of the molecule is CCC([SiH3])C(OC)OC. The van der Waals surface area contributed by atoms with Gasteiger partial charge in [0.05, 0.1) is 0 Å². The summed E-state index contributed by atoms with van der Waals surface area (Å²) in [5.74, 6) is 0. The average Bonchev–Trinajstić information content (AvgIpc) is 1.90. The molecule has 0 heterocycles. The molecule has 1 unspecified atom stereocenters. The van der Waals surface area contributed by atoms with Crippen LogP contribution in [0.25, 0.3) is 0 Å². The molecule has 0 bridgehead atoms. The normalized spacial score (nSPS) is 14.7. The predicted molar refractivity (Wildman–Crippen MR) is 41.8 cm³/mol. The van der Waals surface area contributed by atoms with Crippen LogP contribution in [0.2, 0.25) is 5.54 Å². The minimum Gasteiger partial charge on any atom is -0.356 e. The zero-order valence-electron chi connectivity index (χ0n) is 6.68. The molecular weight excluding hydrogens is 132 g/mol. The van der Waals surface area contributed by atoms with Crippen LogP contribution in [0, 0.1) is 0 Å². The van der Waals surface area contributed by atoms with Crippen LogP contribution in [0.4, 0.5) is 0 Å². The van der Waals surface area contributed by atoms with E-state index in [1.165, 1.54) is 0 Å². The zero-order valence-corrected chi connectivity index (χ0v) is 8.68. The molecule has 9 heavy (non-hydrogen) atoms. The monoisotopic (exact) mass is 148 g/mol. The first-order valence-corrected chi connectivity index (χ1v) is 4.47. The Morgan fingerprint density at radius 3 is 1.89 bits per heavy atom. The Labute approximate surface area is 60.0 Å². The first-order chi connectivity index (χ1) is 4.26. The van der Waals surface area contributed by atoms with Crippen LogP contribution < -0.4 is 0 Å². The summed E-state index contributed by atoms with van der Waals surface area (Å²) >= 11 is 0. The van der Waals surface area contributed by atoms with Gasteiger partial charge in [-0.05, 0) is 5.54 Å². The van der Waals surface area contributed by atoms with Crippen molar-refractivity contribution in [2.24, 2.45) is 0 Å². The average molecular weight is 148 g/mol. The van der Waals surface area contributed by atoms with Crippen LogP contribution in [0.15, 0.2) is 0 Å². The summed E-state index contributed by atoms with van der Waals surface area (Å²) in [5.41, 5.74) is 0.625. The van der Waals surface area contributed by atoms with Crippen molar-refractivity contribution < 1.29 is 9.47 Å². The lowest BCUT2D eigenvalue weighted by molar-refractivity contribution is -0.105. The highest BCUT2D eigenvalue weighted by atomic mass is 28.1. The largest absolute Gasteiger partial charge is 0.356 e. The van der Waals surface area contributed by atoms with Gasteiger partial charge in [0.1, 0.15) is 0 Å². The molecule has 0 amide bonds. The van der Waals surface area contributed by atoms with Gasteiger partial charge in [0.2, 0.25) is 0 Å². The second kappa shape index (κ2) is 4.96. The molecule has 0 radical (unpaired) electrons. The summed E-state index contributed by atoms with van der Waals surface area (Å²) in [4.78, 5) is 0. The summed E-state index contributed by atoms with van der Waals surface area (Å²) in [6, 6.07) is 0. The highest BCUT2D eigenvalue weighted by Crippen LogP contribution is 2.13. The van der Waals surface area contributed by atoms with E-state index < -0.39 is 0 Å². The Morgan fingerprint density at radius 2 is 1.78 bits per heavy atom. The third kappa shape index (κ3) is 2.98. The molecule has 0 aromatic heterocycles. The number of rotatable bonds is 4. The Bertz CT molecular complexity index is 64.1. The molecule has 0 aromatic rings. The summed E-state index contributed by atoms with van der Waals surface area (Å²) in [7, 11) is 4.52. The fourth-order valence-electron chi connectivity index (χ4n) is 0.753. The smallest absolute Gasteiger partial charge is 0.156 e. The van der Waals surface area contributed by atoms with Gasteiger partial charge in [-0.25, -0.2) is 0 Å². The van der Waals surface area contributed by atoms with Crippen LogP contribution in [-0.2, 0) is 9.47 Å². The first kappa shape index (κ1) is 9.14. The lowest BCUT2D eigenvalue weighted by Gasteiger charge is -2.18. The van der Waals surface area contributed by atoms with Crippen molar-refractivity contribution in [2.75, 3.05) is 14.2 Å². The molecule has 0 aliphatic carbocycles. The first-order valence-electron chi connectivity index (χ1n) is 3.31. The molecule has 3 heteroatoms. The van der Waals surface area contributed by atoms with E-state index in [2.05, 4.69) is 6.92 Å². The molecule has 0 aliphatic heterocycles. The van der Waals surface area contributed by atoms with Crippen molar-refractivity contribution in [2.45, 2.75) is 25.2 Å². The van der Waals surface area contributed by atoms with Gasteiger partial charge < -0.3 is 9.47 Å². The minimum absolute atomic E-state index is 0.0293. The molecular formula is C6H16O2Si. The fraction of sp³-hybridized carbons (Fsp3) is 1.00. The molecule has 0 N–H and O–H groups in total. The topological polar surface area (TPSA) is 18.5 Å². The molecule has 0 saturated carbocycles. The molecule has 0 spiro atoms. The lowest BCUT2D eigenvalue weighted by Crippen LogP contribution is -2.19. The van der Waals surface area contributed by atoms with Crippen molar-refractivity contribution in [1.29, 1.82) is 0 Å². The van der Waals surface area contributed by atoms with Gasteiger partial charge in [-0.3, -0.25) is 0 Å². The minimum atomic E-state index is 0.0293. The van der Waals surface area contributed by atoms with Crippen LogP contribution in [-0.4, -0.2) is 30.8 Å². The molecule has 56 valence electrons. The van der Waals surface area contributed by atoms with E-state index in [1.54, 1.807) is 14.2 Å². The van der Waals surface area contributed by atoms with Crippen LogP contribution in [0.5, 0.6) is 0 Å². The van der Waals surface area contributed by atoms with Crippen molar-refractivity contribution >= 4 is 10.2 Å². The molecule has 1 atom stereocenters. The summed E-state index contributed by atoms with van der Waals surface area (Å²) in [6.45, 7) is 2.16. The van der Waals surface area contributed by atoms with E-state index in [0.29, 0.717) is 5.54 Å². The molecule has 0 saturated heterocycles. The van der Waals surface area contributed by atoms with Gasteiger partial charge in [0.25, 0.3) is 0 Å². The molecule has 0 aromatic carbocycles. The maximum atomic E-state index is 5.06. The lowest BCUT2D eigenvalue weighted by atomic mass is 10.3. The summed E-state index contributed by atoms with van der Waals surface area (Å²) in [6.07, 6.45) is 1.18. The number of hydrogen-bond acceptors (Lipinski definition) is 2. The second-order valence-electron chi connectivity index (χ2n) is 2.23. The number of methoxy groups -OCH3 is 2. The molecule has 0 rings (SSSR count). The summed E-state index contributed by atoms with van der Waals surface area (Å²) < 4.78 is 10.1. The maximum absolute atomic E-state index is 5.06. The van der Waals surface area contributed by atoms with E-state index >= 15 is 0 Å². The standard InChI is InChI=1S/C6H16O2Si/c1-4-5(9)6(7-2)8-3/h5-6H,4H2,1-3,9H3. The van der Waals surface area contributed by atoms with Gasteiger partial charge in [-0.1, -0.05) is 13.3 Å². The van der Waals surface area contributed by atoms with Crippen molar-refractivity contribution in [3.63, 3.8) is 0 Å². The van der Waals surface area contributed by atoms with E-state index in [-0.39, 0.29) is 6.29 Å². The third-order valence-electron chi connectivity index (χ3n) is 1.57. The van der Waals surface area contributed by atoms with Gasteiger partial charge >= 0.3 is 0 Å². The second-order valence-corrected chi connectivity index (χ2v) is 3.71. The van der Waals surface area contributed by atoms with E-state index in [9.17, 15) is 0 Å². The van der Waals surface area contributed by atoms with Crippen LogP contribution in [0.3, 0.4) is 0 Å². The van der Waals surface area contributed by atoms with Gasteiger partial charge in [-0.15, -0.1) is 0 Å². The highest BCUT2D eigenvalue weighted by Gasteiger charge is 2.12. The van der Waals surface area contributed by atoms with Crippen molar-refractivity contribution in [3.05, 3.63) is 0 Å². The zero-order chi connectivity index (χ0) is 7.28. The quantitative estimate of drug-likeness (QED) is 0.418. The van der Waals surface area contributed by atoms with E-state index in [1.807, 2.05) is 0 Å². The number of ether oxygens (including phenoxy) is 2. The van der Waals surface area contributed by atoms with E-state index in [0.717, 1.165) is 16.7 Å². The van der Waals surface area contributed by atoms with Crippen LogP contribution >= 0.6 is 0 Å². The fourth-order valence-corrected chi connectivity index (χ4v) is 1.30. The number of hydrogen-bond donors (Lipinski definition) is 0. The summed E-state index contributed by atoms with van der Waals surface area (Å²) in [5, 5.41) is 0. The highest BCUT2D eigenvalue weighted by molar-refractivity contribution is 6.11. The Balaban J connectivity index is 3.50. The predicted octanol–water partition coefficient (Wildman–Crippen LogP) is 0.169. The van der Waals surface area contributed by atoms with E-state index in [4.69, 9.17) is 9.47 Å². The Hall–Kier alpha value is 0.137. The Kier molecular flexibility index (Phi) is 5.04. The Morgan fingerprint density at radius 1 is 1.33 bits per heavy atom. The third-order valence-corrected chi connectivity index (χ3v) is 2.93. The van der Waals surface area contributed by atoms with Gasteiger partial charge in [-0.2, -0.15) is 0 Å². The van der Waals surface area contributed by atoms with Crippen molar-refractivity contribution in [3.8, 4) is 0 Å².